The largest absolute Gasteiger partial charge is 0.507 e. The lowest BCUT2D eigenvalue weighted by Crippen LogP contribution is -2.31. The molecule has 3 N–H and O–H groups in total. The molecule has 36 heavy (non-hydrogen) atoms. The zero-order valence-electron chi connectivity index (χ0n) is 20.5. The second-order valence-electron chi connectivity index (χ2n) is 9.71. The van der Waals surface area contributed by atoms with Gasteiger partial charge in [0.15, 0.2) is 0 Å². The van der Waals surface area contributed by atoms with Crippen LogP contribution in [0.25, 0.3) is 10.9 Å². The van der Waals surface area contributed by atoms with Gasteiger partial charge in [-0.2, -0.15) is 5.10 Å². The van der Waals surface area contributed by atoms with E-state index in [1.54, 1.807) is 21.9 Å². The number of likely N-dealkylation sites (N-methyl/N-ethyl adjacent to an activating group) is 1. The fourth-order valence-electron chi connectivity index (χ4n) is 4.80. The van der Waals surface area contributed by atoms with E-state index in [1.165, 1.54) is 6.07 Å². The first-order valence-electron chi connectivity index (χ1n) is 12.1. The maximum absolute atomic E-state index is 13.4. The number of nitrogens with one attached hydrogen (secondary N) is 2. The smallest absolute Gasteiger partial charge is 0.258 e. The number of carbonyl (C=O) groups excluding carboxylic acids is 3. The number of hydrogen-bond donors (Lipinski definition) is 3. The van der Waals surface area contributed by atoms with Crippen molar-refractivity contribution in [3.05, 3.63) is 58.3 Å². The summed E-state index contributed by atoms with van der Waals surface area (Å²) in [6, 6.07) is 8.62. The number of aromatic amines is 1. The molecule has 188 valence electrons. The number of phenolic OH excluding ortho intramolecular Hbond substituents is 1. The number of hydrogen-bond acceptors (Lipinski definition) is 6. The summed E-state index contributed by atoms with van der Waals surface area (Å²) in [5, 5.41) is 21.4. The number of rotatable bonds is 7. The Morgan fingerprint density at radius 3 is 2.72 bits per heavy atom. The second-order valence-corrected chi connectivity index (χ2v) is 9.71. The van der Waals surface area contributed by atoms with Crippen molar-refractivity contribution in [2.75, 3.05) is 33.7 Å². The van der Waals surface area contributed by atoms with Gasteiger partial charge in [-0.05, 0) is 49.8 Å². The van der Waals surface area contributed by atoms with Crippen LogP contribution in [0.2, 0.25) is 0 Å². The summed E-state index contributed by atoms with van der Waals surface area (Å²) in [5.41, 5.74) is 3.92. The number of benzene rings is 2. The van der Waals surface area contributed by atoms with E-state index in [4.69, 9.17) is 0 Å². The molecule has 1 saturated heterocycles. The first-order chi connectivity index (χ1) is 17.3. The van der Waals surface area contributed by atoms with Gasteiger partial charge in [0.2, 0.25) is 5.91 Å². The Labute approximate surface area is 208 Å². The summed E-state index contributed by atoms with van der Waals surface area (Å²) < 4.78 is 0. The summed E-state index contributed by atoms with van der Waals surface area (Å²) in [7, 11) is 3.90. The van der Waals surface area contributed by atoms with Crippen molar-refractivity contribution in [2.24, 2.45) is 0 Å². The van der Waals surface area contributed by atoms with Crippen LogP contribution in [0.1, 0.15) is 50.4 Å². The van der Waals surface area contributed by atoms with Gasteiger partial charge in [0.25, 0.3) is 11.8 Å². The van der Waals surface area contributed by atoms with E-state index in [0.717, 1.165) is 29.8 Å². The number of phenols is 1. The van der Waals surface area contributed by atoms with Crippen molar-refractivity contribution in [3.63, 3.8) is 0 Å². The van der Waals surface area contributed by atoms with Crippen LogP contribution in [0.15, 0.2) is 30.3 Å². The predicted molar refractivity (Wildman–Crippen MR) is 133 cm³/mol. The van der Waals surface area contributed by atoms with E-state index in [0.29, 0.717) is 55.6 Å². The van der Waals surface area contributed by atoms with E-state index < -0.39 is 0 Å². The Morgan fingerprint density at radius 2 is 1.97 bits per heavy atom. The third-order valence-corrected chi connectivity index (χ3v) is 6.82. The number of fused-ring (bicyclic) bond motifs is 2. The zero-order valence-corrected chi connectivity index (χ0v) is 20.5. The molecule has 3 amide bonds. The lowest BCUT2D eigenvalue weighted by molar-refractivity contribution is -0.128. The first-order valence-corrected chi connectivity index (χ1v) is 12.1. The monoisotopic (exact) mass is 490 g/mol. The summed E-state index contributed by atoms with van der Waals surface area (Å²) in [5.74, 6) is -0.475. The second kappa shape index (κ2) is 9.62. The van der Waals surface area contributed by atoms with Crippen molar-refractivity contribution >= 4 is 28.6 Å². The van der Waals surface area contributed by atoms with E-state index >= 15 is 0 Å². The Kier molecular flexibility index (Phi) is 6.36. The van der Waals surface area contributed by atoms with Crippen LogP contribution < -0.4 is 5.32 Å². The molecule has 2 aliphatic rings. The quantitative estimate of drug-likeness (QED) is 0.465. The van der Waals surface area contributed by atoms with Gasteiger partial charge >= 0.3 is 0 Å². The number of amides is 3. The minimum Gasteiger partial charge on any atom is -0.507 e. The summed E-state index contributed by atoms with van der Waals surface area (Å²) >= 11 is 0. The number of carbonyl (C=O) groups is 3. The molecule has 0 aliphatic carbocycles. The fraction of sp³-hybridized carbons (Fsp3) is 0.385. The van der Waals surface area contributed by atoms with Crippen molar-refractivity contribution < 1.29 is 19.5 Å². The zero-order chi connectivity index (χ0) is 25.4. The van der Waals surface area contributed by atoms with Gasteiger partial charge in [0.05, 0.1) is 23.3 Å². The summed E-state index contributed by atoms with van der Waals surface area (Å²) in [4.78, 5) is 43.4. The average molecular weight is 491 g/mol. The summed E-state index contributed by atoms with van der Waals surface area (Å²) in [6.07, 6.45) is 1.38. The highest BCUT2D eigenvalue weighted by atomic mass is 16.3. The summed E-state index contributed by atoms with van der Waals surface area (Å²) in [6.45, 7) is 3.14. The van der Waals surface area contributed by atoms with Gasteiger partial charge in [-0.3, -0.25) is 19.5 Å². The van der Waals surface area contributed by atoms with Crippen LogP contribution in [0.3, 0.4) is 0 Å². The van der Waals surface area contributed by atoms with Gasteiger partial charge < -0.3 is 25.1 Å². The lowest BCUT2D eigenvalue weighted by Gasteiger charge is -2.17. The number of likely N-dealkylation sites (tertiary alicyclic amines) is 1. The molecule has 0 saturated carbocycles. The molecule has 0 atom stereocenters. The van der Waals surface area contributed by atoms with Gasteiger partial charge in [-0.15, -0.1) is 0 Å². The minimum atomic E-state index is -0.299. The molecule has 0 radical (unpaired) electrons. The van der Waals surface area contributed by atoms with E-state index in [-0.39, 0.29) is 29.0 Å². The van der Waals surface area contributed by atoms with Crippen LogP contribution in [-0.4, -0.2) is 81.5 Å². The molecule has 1 aromatic heterocycles. The third kappa shape index (κ3) is 4.64. The Bertz CT molecular complexity index is 1350. The Hall–Kier alpha value is -3.92. The molecule has 5 rings (SSSR count). The fourth-order valence-corrected chi connectivity index (χ4v) is 4.80. The number of aromatic nitrogens is 2. The van der Waals surface area contributed by atoms with Crippen LogP contribution in [0.4, 0.5) is 0 Å². The molecule has 10 heteroatoms. The van der Waals surface area contributed by atoms with Gasteiger partial charge in [0.1, 0.15) is 5.75 Å². The topological polar surface area (TPSA) is 122 Å². The maximum atomic E-state index is 13.4. The van der Waals surface area contributed by atoms with Gasteiger partial charge in [-0.25, -0.2) is 0 Å². The molecule has 3 heterocycles. The van der Waals surface area contributed by atoms with Crippen molar-refractivity contribution in [1.82, 2.24) is 30.2 Å². The highest BCUT2D eigenvalue weighted by Gasteiger charge is 2.28. The standard InChI is InChI=1S/C26H30N6O4/c1-30(2)9-7-27-25(35)16-5-6-17-13-32(14-18(17)10-16)26(36)20-11-19-21(12-23(20)33)28-29-22(19)15-31-8-3-4-24(31)34/h5-6,10-12,33H,3-4,7-9,13-15H2,1-2H3,(H,27,35)(H,28,29). The van der Waals surface area contributed by atoms with Crippen molar-refractivity contribution in [2.45, 2.75) is 32.5 Å². The van der Waals surface area contributed by atoms with E-state index in [2.05, 4.69) is 15.5 Å². The highest BCUT2D eigenvalue weighted by Crippen LogP contribution is 2.31. The molecule has 10 nitrogen and oxygen atoms in total. The van der Waals surface area contributed by atoms with Crippen molar-refractivity contribution in [3.8, 4) is 5.75 Å². The normalized spacial score (nSPS) is 15.2. The van der Waals surface area contributed by atoms with E-state index in [9.17, 15) is 19.5 Å². The Morgan fingerprint density at radius 1 is 1.17 bits per heavy atom. The molecular weight excluding hydrogens is 460 g/mol. The van der Waals surface area contributed by atoms with Gasteiger partial charge in [0, 0.05) is 56.2 Å². The molecule has 3 aromatic rings. The average Bonchev–Trinajstić information content (AvgIpc) is 3.56. The molecule has 0 unspecified atom stereocenters. The van der Waals surface area contributed by atoms with E-state index in [1.807, 2.05) is 31.1 Å². The molecule has 2 aromatic carbocycles. The number of aromatic hydroxyl groups is 1. The van der Waals surface area contributed by atoms with Crippen LogP contribution >= 0.6 is 0 Å². The molecular formula is C26H30N6O4. The molecule has 0 bridgehead atoms. The SMILES string of the molecule is CN(C)CCNC(=O)c1ccc2c(c1)CN(C(=O)c1cc3c(CN4CCCC4=O)[nH]nc3cc1O)C2. The minimum absolute atomic E-state index is 0.105. The molecule has 2 aliphatic heterocycles. The first kappa shape index (κ1) is 23.8. The molecule has 1 fully saturated rings. The van der Waals surface area contributed by atoms with Crippen LogP contribution in [0, 0.1) is 0 Å². The van der Waals surface area contributed by atoms with Crippen molar-refractivity contribution in [1.29, 1.82) is 0 Å². The Balaban J connectivity index is 1.32. The number of H-pyrrole nitrogens is 1. The van der Waals surface area contributed by atoms with Crippen LogP contribution in [-0.2, 0) is 24.4 Å². The lowest BCUT2D eigenvalue weighted by atomic mass is 10.1. The van der Waals surface area contributed by atoms with Crippen LogP contribution in [0.5, 0.6) is 5.75 Å². The van der Waals surface area contributed by atoms with Gasteiger partial charge in [-0.1, -0.05) is 6.07 Å². The third-order valence-electron chi connectivity index (χ3n) is 6.82. The number of nitrogens with zero attached hydrogens (tertiary/aromatic N) is 4. The maximum Gasteiger partial charge on any atom is 0.258 e. The predicted octanol–water partition coefficient (Wildman–Crippen LogP) is 1.84. The molecule has 0 spiro atoms. The highest BCUT2D eigenvalue weighted by molar-refractivity contribution is 6.01.